The van der Waals surface area contributed by atoms with E-state index >= 15 is 0 Å². The molecule has 3 aliphatic rings. The van der Waals surface area contributed by atoms with Gasteiger partial charge in [-0.25, -0.2) is 9.97 Å². The maximum Gasteiger partial charge on any atom is 0.219 e. The molecule has 176 valence electrons. The fourth-order valence-electron chi connectivity index (χ4n) is 5.51. The highest BCUT2D eigenvalue weighted by Crippen LogP contribution is 2.31. The summed E-state index contributed by atoms with van der Waals surface area (Å²) in [6.45, 7) is 8.12. The molecule has 7 heteroatoms. The topological polar surface area (TPSA) is 64.6 Å². The number of para-hydroxylation sites is 1. The van der Waals surface area contributed by atoms with Crippen LogP contribution in [0, 0.1) is 0 Å². The van der Waals surface area contributed by atoms with Gasteiger partial charge < -0.3 is 20.0 Å². The van der Waals surface area contributed by atoms with Crippen LogP contribution in [0.4, 0.5) is 11.5 Å². The number of piperidine rings is 1. The fraction of sp³-hybridized carbons (Fsp3) is 0.577. The Balaban J connectivity index is 1.44. The molecule has 1 N–H and O–H groups in total. The Bertz CT molecular complexity index is 1000. The number of hydrogen-bond acceptors (Lipinski definition) is 6. The third-order valence-electron chi connectivity index (χ3n) is 7.40. The summed E-state index contributed by atoms with van der Waals surface area (Å²) in [6, 6.07) is 8.70. The predicted molar refractivity (Wildman–Crippen MR) is 132 cm³/mol. The Hall–Kier alpha value is -2.67. The smallest absolute Gasteiger partial charge is 0.219 e. The molecule has 5 rings (SSSR count). The molecule has 2 aromatic rings. The Morgan fingerprint density at radius 1 is 1.09 bits per heavy atom. The van der Waals surface area contributed by atoms with Gasteiger partial charge in [0.05, 0.1) is 12.2 Å². The molecule has 0 aliphatic carbocycles. The lowest BCUT2D eigenvalue weighted by Gasteiger charge is -2.32. The third kappa shape index (κ3) is 4.83. The van der Waals surface area contributed by atoms with Crippen molar-refractivity contribution in [2.75, 3.05) is 50.0 Å². The zero-order valence-corrected chi connectivity index (χ0v) is 20.0. The lowest BCUT2D eigenvalue weighted by atomic mass is 9.96. The van der Waals surface area contributed by atoms with Gasteiger partial charge in [-0.1, -0.05) is 18.2 Å². The molecule has 7 nitrogen and oxygen atoms in total. The summed E-state index contributed by atoms with van der Waals surface area (Å²) < 4.78 is 0. The summed E-state index contributed by atoms with van der Waals surface area (Å²) in [4.78, 5) is 29.0. The van der Waals surface area contributed by atoms with Gasteiger partial charge >= 0.3 is 0 Å². The van der Waals surface area contributed by atoms with Gasteiger partial charge in [-0.15, -0.1) is 0 Å². The molecule has 0 saturated carbocycles. The molecule has 1 aromatic carbocycles. The minimum Gasteiger partial charge on any atom is -0.371 e. The number of hydrogen-bond donors (Lipinski definition) is 1. The number of amides is 1. The average Bonchev–Trinajstić information content (AvgIpc) is 3.37. The molecule has 0 unspecified atom stereocenters. The second kappa shape index (κ2) is 9.67. The Kier molecular flexibility index (Phi) is 6.49. The molecule has 1 aromatic heterocycles. The van der Waals surface area contributed by atoms with Crippen LogP contribution in [0.1, 0.15) is 61.2 Å². The number of anilines is 2. The summed E-state index contributed by atoms with van der Waals surface area (Å²) in [5.41, 5.74) is 4.82. The van der Waals surface area contributed by atoms with Crippen LogP contribution in [0.3, 0.4) is 0 Å². The van der Waals surface area contributed by atoms with E-state index in [0.29, 0.717) is 12.5 Å². The molecule has 1 amide bonds. The first-order chi connectivity index (χ1) is 16.1. The van der Waals surface area contributed by atoms with Crippen LogP contribution in [0.5, 0.6) is 0 Å². The van der Waals surface area contributed by atoms with Crippen molar-refractivity contribution in [3.63, 3.8) is 0 Å². The minimum atomic E-state index is 0.115. The largest absolute Gasteiger partial charge is 0.371 e. The minimum absolute atomic E-state index is 0.115. The number of nitrogens with one attached hydrogen (secondary N) is 1. The van der Waals surface area contributed by atoms with Crippen LogP contribution in [-0.2, 0) is 24.3 Å². The first-order valence-electron chi connectivity index (χ1n) is 12.5. The maximum absolute atomic E-state index is 12.1. The lowest BCUT2D eigenvalue weighted by Crippen LogP contribution is -2.36. The van der Waals surface area contributed by atoms with E-state index in [1.807, 2.05) is 4.90 Å². The number of rotatable bonds is 5. The van der Waals surface area contributed by atoms with Crippen LogP contribution >= 0.6 is 0 Å². The van der Waals surface area contributed by atoms with Crippen molar-refractivity contribution >= 4 is 17.4 Å². The van der Waals surface area contributed by atoms with E-state index in [1.54, 1.807) is 6.92 Å². The van der Waals surface area contributed by atoms with E-state index in [1.165, 1.54) is 30.5 Å². The van der Waals surface area contributed by atoms with Gasteiger partial charge in [0.2, 0.25) is 5.91 Å². The van der Waals surface area contributed by atoms with Crippen LogP contribution in [0.15, 0.2) is 24.3 Å². The highest BCUT2D eigenvalue weighted by Gasteiger charge is 2.28. The van der Waals surface area contributed by atoms with Crippen LogP contribution < -0.4 is 10.2 Å². The predicted octanol–water partition coefficient (Wildman–Crippen LogP) is 3.40. The van der Waals surface area contributed by atoms with Gasteiger partial charge in [-0.05, 0) is 50.9 Å². The van der Waals surface area contributed by atoms with Crippen LogP contribution in [0.2, 0.25) is 0 Å². The molecule has 1 atom stereocenters. The summed E-state index contributed by atoms with van der Waals surface area (Å²) >= 11 is 0. The zero-order valence-electron chi connectivity index (χ0n) is 20.0. The summed E-state index contributed by atoms with van der Waals surface area (Å²) in [5.74, 6) is 2.36. The van der Waals surface area contributed by atoms with Gasteiger partial charge in [0, 0.05) is 63.2 Å². The molecular formula is C26H36N6O. The van der Waals surface area contributed by atoms with E-state index in [2.05, 4.69) is 46.4 Å². The summed E-state index contributed by atoms with van der Waals surface area (Å²) in [6.07, 6.45) is 5.65. The fourth-order valence-corrected chi connectivity index (χ4v) is 5.51. The molecule has 4 heterocycles. The highest BCUT2D eigenvalue weighted by molar-refractivity contribution is 5.74. The van der Waals surface area contributed by atoms with Crippen molar-refractivity contribution in [2.45, 2.75) is 58.0 Å². The number of aromatic nitrogens is 2. The van der Waals surface area contributed by atoms with Gasteiger partial charge in [-0.2, -0.15) is 0 Å². The second-order valence-electron chi connectivity index (χ2n) is 9.82. The molecule has 3 aliphatic heterocycles. The molecular weight excluding hydrogens is 412 g/mol. The summed E-state index contributed by atoms with van der Waals surface area (Å²) in [5, 5.41) is 3.67. The molecule has 2 fully saturated rings. The quantitative estimate of drug-likeness (QED) is 0.756. The molecule has 2 saturated heterocycles. The highest BCUT2D eigenvalue weighted by atomic mass is 16.2. The van der Waals surface area contributed by atoms with Crippen LogP contribution in [-0.4, -0.2) is 65.4 Å². The average molecular weight is 449 g/mol. The van der Waals surface area contributed by atoms with E-state index in [-0.39, 0.29) is 5.91 Å². The molecule has 0 spiro atoms. The van der Waals surface area contributed by atoms with Crippen molar-refractivity contribution < 1.29 is 4.79 Å². The number of likely N-dealkylation sites (N-methyl/N-ethyl adjacent to an activating group) is 1. The van der Waals surface area contributed by atoms with E-state index < -0.39 is 0 Å². The molecule has 0 radical (unpaired) electrons. The monoisotopic (exact) mass is 448 g/mol. The Morgan fingerprint density at radius 3 is 2.70 bits per heavy atom. The number of benzene rings is 1. The second-order valence-corrected chi connectivity index (χ2v) is 9.82. The Labute approximate surface area is 197 Å². The number of likely N-dealkylation sites (tertiary alicyclic amines) is 1. The van der Waals surface area contributed by atoms with Crippen molar-refractivity contribution in [1.82, 2.24) is 19.8 Å². The SMILES string of the molecule is CC(=O)N1CCc2nc([C@H]3CCCN(C)C3)nc(NCc3ccccc3N3CCCC3)c2C1. The first-order valence-corrected chi connectivity index (χ1v) is 12.5. The van der Waals surface area contributed by atoms with E-state index in [9.17, 15) is 4.79 Å². The number of fused-ring (bicyclic) bond motifs is 1. The van der Waals surface area contributed by atoms with Crippen molar-refractivity contribution in [2.24, 2.45) is 0 Å². The third-order valence-corrected chi connectivity index (χ3v) is 7.40. The van der Waals surface area contributed by atoms with Gasteiger partial charge in [0.25, 0.3) is 0 Å². The standard InChI is InChI=1S/C26H36N6O/c1-19(33)32-15-11-23-22(18-32)26(29-25(28-23)21-9-7-12-30(2)17-21)27-16-20-8-3-4-10-24(20)31-13-5-6-14-31/h3-4,8,10,21H,5-7,9,11-18H2,1-2H3,(H,27,28,29)/t21-/m0/s1. The lowest BCUT2D eigenvalue weighted by molar-refractivity contribution is -0.129. The van der Waals surface area contributed by atoms with Gasteiger partial charge in [-0.3, -0.25) is 4.79 Å². The van der Waals surface area contributed by atoms with Crippen LogP contribution in [0.25, 0.3) is 0 Å². The molecule has 0 bridgehead atoms. The zero-order chi connectivity index (χ0) is 22.8. The van der Waals surface area contributed by atoms with Crippen molar-refractivity contribution in [1.29, 1.82) is 0 Å². The Morgan fingerprint density at radius 2 is 1.91 bits per heavy atom. The number of nitrogens with zero attached hydrogens (tertiary/aromatic N) is 5. The van der Waals surface area contributed by atoms with E-state index in [4.69, 9.17) is 9.97 Å². The van der Waals surface area contributed by atoms with Gasteiger partial charge in [0.15, 0.2) is 0 Å². The van der Waals surface area contributed by atoms with Crippen molar-refractivity contribution in [3.8, 4) is 0 Å². The molecule has 33 heavy (non-hydrogen) atoms. The number of carbonyl (C=O) groups is 1. The maximum atomic E-state index is 12.1. The van der Waals surface area contributed by atoms with Gasteiger partial charge in [0.1, 0.15) is 11.6 Å². The first kappa shape index (κ1) is 22.1. The normalized spacial score (nSPS) is 21.2. The summed E-state index contributed by atoms with van der Waals surface area (Å²) in [7, 11) is 2.18. The van der Waals surface area contributed by atoms with E-state index in [0.717, 1.165) is 75.0 Å². The number of carbonyl (C=O) groups excluding carboxylic acids is 1. The van der Waals surface area contributed by atoms with Crippen molar-refractivity contribution in [3.05, 3.63) is 46.9 Å².